The monoisotopic (exact) mass is 292 g/mol. The van der Waals surface area contributed by atoms with Gasteiger partial charge in [0.1, 0.15) is 10.7 Å². The predicted octanol–water partition coefficient (Wildman–Crippen LogP) is 1.50. The standard InChI is InChI=1S/C13H16N4O2S/c1-10-4-3-5-11(8-10)17(2)20(18,19)12-6-7-13(16-14)15-9-12/h3-9H,14H2,1-2H3,(H,15,16). The summed E-state index contributed by atoms with van der Waals surface area (Å²) < 4.78 is 26.2. The highest BCUT2D eigenvalue weighted by Gasteiger charge is 2.21. The van der Waals surface area contributed by atoms with Crippen molar-refractivity contribution in [3.63, 3.8) is 0 Å². The third-order valence-corrected chi connectivity index (χ3v) is 4.68. The molecule has 2 rings (SSSR count). The second kappa shape index (κ2) is 5.48. The summed E-state index contributed by atoms with van der Waals surface area (Å²) in [5.41, 5.74) is 3.95. The van der Waals surface area contributed by atoms with E-state index in [4.69, 9.17) is 5.84 Å². The van der Waals surface area contributed by atoms with Crippen molar-refractivity contribution in [3.05, 3.63) is 48.2 Å². The molecule has 0 saturated heterocycles. The van der Waals surface area contributed by atoms with Crippen LogP contribution in [0.4, 0.5) is 11.5 Å². The number of nitrogens with two attached hydrogens (primary N) is 1. The fourth-order valence-electron chi connectivity index (χ4n) is 1.74. The molecule has 0 fully saturated rings. The van der Waals surface area contributed by atoms with E-state index in [0.717, 1.165) is 5.56 Å². The minimum Gasteiger partial charge on any atom is -0.308 e. The SMILES string of the molecule is Cc1cccc(N(C)S(=O)(=O)c2ccc(NN)nc2)c1. The number of hydrogen-bond acceptors (Lipinski definition) is 5. The first-order valence-electron chi connectivity index (χ1n) is 5.93. The third kappa shape index (κ3) is 2.73. The van der Waals surface area contributed by atoms with Crippen LogP contribution in [0.25, 0.3) is 0 Å². The van der Waals surface area contributed by atoms with Gasteiger partial charge in [0.15, 0.2) is 0 Å². The summed E-state index contributed by atoms with van der Waals surface area (Å²) >= 11 is 0. The van der Waals surface area contributed by atoms with Crippen molar-refractivity contribution in [2.45, 2.75) is 11.8 Å². The minimum absolute atomic E-state index is 0.112. The van der Waals surface area contributed by atoms with Crippen molar-refractivity contribution >= 4 is 21.5 Å². The highest BCUT2D eigenvalue weighted by atomic mass is 32.2. The average Bonchev–Trinajstić information content (AvgIpc) is 2.46. The molecule has 1 aromatic heterocycles. The quantitative estimate of drug-likeness (QED) is 0.658. The molecule has 6 nitrogen and oxygen atoms in total. The Morgan fingerprint density at radius 3 is 2.55 bits per heavy atom. The van der Waals surface area contributed by atoms with Crippen LogP contribution in [-0.2, 0) is 10.0 Å². The fraction of sp³-hybridized carbons (Fsp3) is 0.154. The van der Waals surface area contributed by atoms with Gasteiger partial charge in [0, 0.05) is 13.2 Å². The lowest BCUT2D eigenvalue weighted by molar-refractivity contribution is 0.594. The number of aryl methyl sites for hydroxylation is 1. The van der Waals surface area contributed by atoms with E-state index in [1.165, 1.54) is 29.7 Å². The Kier molecular flexibility index (Phi) is 3.91. The van der Waals surface area contributed by atoms with Gasteiger partial charge in [-0.3, -0.25) is 4.31 Å². The van der Waals surface area contributed by atoms with Crippen LogP contribution in [0.5, 0.6) is 0 Å². The van der Waals surface area contributed by atoms with Gasteiger partial charge >= 0.3 is 0 Å². The molecule has 106 valence electrons. The van der Waals surface area contributed by atoms with E-state index in [1.807, 2.05) is 19.1 Å². The van der Waals surface area contributed by atoms with Gasteiger partial charge in [-0.25, -0.2) is 19.2 Å². The van der Waals surface area contributed by atoms with Crippen molar-refractivity contribution in [3.8, 4) is 0 Å². The van der Waals surface area contributed by atoms with Gasteiger partial charge < -0.3 is 5.43 Å². The largest absolute Gasteiger partial charge is 0.308 e. The number of hydrogen-bond donors (Lipinski definition) is 2. The van der Waals surface area contributed by atoms with Gasteiger partial charge in [-0.2, -0.15) is 0 Å². The molecule has 0 amide bonds. The first-order chi connectivity index (χ1) is 9.45. The zero-order chi connectivity index (χ0) is 14.8. The number of aromatic nitrogens is 1. The van der Waals surface area contributed by atoms with E-state index in [1.54, 1.807) is 12.1 Å². The smallest absolute Gasteiger partial charge is 0.265 e. The van der Waals surface area contributed by atoms with Gasteiger partial charge in [-0.05, 0) is 36.8 Å². The van der Waals surface area contributed by atoms with Crippen molar-refractivity contribution in [1.29, 1.82) is 0 Å². The van der Waals surface area contributed by atoms with Crippen molar-refractivity contribution in [1.82, 2.24) is 4.98 Å². The zero-order valence-corrected chi connectivity index (χ0v) is 12.1. The highest BCUT2D eigenvalue weighted by Crippen LogP contribution is 2.22. The number of sulfonamides is 1. The molecule has 0 bridgehead atoms. The number of benzene rings is 1. The van der Waals surface area contributed by atoms with Gasteiger partial charge in [0.05, 0.1) is 5.69 Å². The van der Waals surface area contributed by atoms with E-state index in [-0.39, 0.29) is 4.90 Å². The molecule has 1 aromatic carbocycles. The Balaban J connectivity index is 2.38. The fourth-order valence-corrected chi connectivity index (χ4v) is 2.87. The number of rotatable bonds is 4. The van der Waals surface area contributed by atoms with Crippen LogP contribution in [0.1, 0.15) is 5.56 Å². The summed E-state index contributed by atoms with van der Waals surface area (Å²) in [7, 11) is -2.12. The maximum atomic E-state index is 12.5. The molecule has 0 unspecified atom stereocenters. The maximum absolute atomic E-state index is 12.5. The third-order valence-electron chi connectivity index (χ3n) is 2.91. The summed E-state index contributed by atoms with van der Waals surface area (Å²) in [6.45, 7) is 1.91. The summed E-state index contributed by atoms with van der Waals surface area (Å²) in [6.07, 6.45) is 1.27. The van der Waals surface area contributed by atoms with E-state index < -0.39 is 10.0 Å². The topological polar surface area (TPSA) is 88.3 Å². The first kappa shape index (κ1) is 14.3. The molecule has 0 spiro atoms. The molecule has 3 N–H and O–H groups in total. The van der Waals surface area contributed by atoms with Gasteiger partial charge in [-0.1, -0.05) is 12.1 Å². The van der Waals surface area contributed by atoms with Crippen LogP contribution < -0.4 is 15.6 Å². The predicted molar refractivity (Wildman–Crippen MR) is 78.8 cm³/mol. The Morgan fingerprint density at radius 2 is 2.00 bits per heavy atom. The van der Waals surface area contributed by atoms with Crippen LogP contribution >= 0.6 is 0 Å². The van der Waals surface area contributed by atoms with Crippen molar-refractivity contribution in [2.24, 2.45) is 5.84 Å². The molecular weight excluding hydrogens is 276 g/mol. The van der Waals surface area contributed by atoms with E-state index in [2.05, 4.69) is 10.4 Å². The summed E-state index contributed by atoms with van der Waals surface area (Å²) in [5, 5.41) is 0. The molecule has 0 aliphatic heterocycles. The molecule has 2 aromatic rings. The average molecular weight is 292 g/mol. The maximum Gasteiger partial charge on any atom is 0.265 e. The normalized spacial score (nSPS) is 11.2. The summed E-state index contributed by atoms with van der Waals surface area (Å²) in [4.78, 5) is 4.03. The van der Waals surface area contributed by atoms with E-state index in [9.17, 15) is 8.42 Å². The number of hydrazine groups is 1. The Bertz CT molecular complexity index is 699. The summed E-state index contributed by atoms with van der Waals surface area (Å²) in [6, 6.07) is 10.2. The number of pyridine rings is 1. The van der Waals surface area contributed by atoms with Gasteiger partial charge in [0.25, 0.3) is 10.0 Å². The van der Waals surface area contributed by atoms with E-state index in [0.29, 0.717) is 11.5 Å². The molecule has 0 aliphatic rings. The van der Waals surface area contributed by atoms with E-state index >= 15 is 0 Å². The molecule has 7 heteroatoms. The Morgan fingerprint density at radius 1 is 1.25 bits per heavy atom. The molecule has 0 saturated carbocycles. The molecule has 0 atom stereocenters. The molecule has 1 heterocycles. The molecule has 0 aliphatic carbocycles. The number of nitrogens with zero attached hydrogens (tertiary/aromatic N) is 2. The van der Waals surface area contributed by atoms with Crippen LogP contribution in [-0.4, -0.2) is 20.4 Å². The van der Waals surface area contributed by atoms with Gasteiger partial charge in [0.2, 0.25) is 0 Å². The van der Waals surface area contributed by atoms with Gasteiger partial charge in [-0.15, -0.1) is 0 Å². The van der Waals surface area contributed by atoms with Crippen LogP contribution in [0.3, 0.4) is 0 Å². The lowest BCUT2D eigenvalue weighted by Crippen LogP contribution is -2.26. The molecule has 20 heavy (non-hydrogen) atoms. The van der Waals surface area contributed by atoms with Crippen molar-refractivity contribution in [2.75, 3.05) is 16.8 Å². The second-order valence-corrected chi connectivity index (χ2v) is 6.30. The molecular formula is C13H16N4O2S. The minimum atomic E-state index is -3.63. The van der Waals surface area contributed by atoms with Crippen LogP contribution in [0, 0.1) is 6.92 Å². The highest BCUT2D eigenvalue weighted by molar-refractivity contribution is 7.92. The zero-order valence-electron chi connectivity index (χ0n) is 11.2. The van der Waals surface area contributed by atoms with Crippen LogP contribution in [0.15, 0.2) is 47.5 Å². The first-order valence-corrected chi connectivity index (χ1v) is 7.37. The Labute approximate surface area is 118 Å². The van der Waals surface area contributed by atoms with Crippen LogP contribution in [0.2, 0.25) is 0 Å². The number of anilines is 2. The van der Waals surface area contributed by atoms with Crippen molar-refractivity contribution < 1.29 is 8.42 Å². The number of nitrogen functional groups attached to an aromatic ring is 1. The lowest BCUT2D eigenvalue weighted by atomic mass is 10.2. The Hall–Kier alpha value is -2.12. The summed E-state index contributed by atoms with van der Waals surface area (Å²) in [5.74, 6) is 5.61. The number of nitrogens with one attached hydrogen (secondary N) is 1. The molecule has 0 radical (unpaired) electrons. The second-order valence-electron chi connectivity index (χ2n) is 4.34. The lowest BCUT2D eigenvalue weighted by Gasteiger charge is -2.19.